The van der Waals surface area contributed by atoms with Crippen LogP contribution in [-0.2, 0) is 13.0 Å². The van der Waals surface area contributed by atoms with E-state index in [2.05, 4.69) is 61.1 Å². The molecule has 24 heavy (non-hydrogen) atoms. The van der Waals surface area contributed by atoms with Gasteiger partial charge < -0.3 is 9.88 Å². The van der Waals surface area contributed by atoms with E-state index in [9.17, 15) is 0 Å². The fourth-order valence-electron chi connectivity index (χ4n) is 4.82. The van der Waals surface area contributed by atoms with Crippen molar-refractivity contribution in [2.45, 2.75) is 31.3 Å². The molecule has 1 unspecified atom stereocenters. The van der Waals surface area contributed by atoms with Crippen molar-refractivity contribution >= 4 is 26.8 Å². The molecular weight excluding hydrogens is 366 g/mol. The SMILES string of the molecule is CN1C[C@H](Cn2cncn2)CC2c3cccc4[nH]c(Br)c(c34)C[C@H]21. The lowest BCUT2D eigenvalue weighted by Crippen LogP contribution is -2.48. The van der Waals surface area contributed by atoms with Gasteiger partial charge in [-0.2, -0.15) is 5.10 Å². The van der Waals surface area contributed by atoms with Gasteiger partial charge in [-0.1, -0.05) is 12.1 Å². The number of benzene rings is 1. The molecule has 5 nitrogen and oxygen atoms in total. The summed E-state index contributed by atoms with van der Waals surface area (Å²) in [6.45, 7) is 2.07. The molecule has 124 valence electrons. The maximum absolute atomic E-state index is 4.29. The molecule has 5 rings (SSSR count). The number of aromatic nitrogens is 4. The van der Waals surface area contributed by atoms with Crippen molar-refractivity contribution in [1.29, 1.82) is 0 Å². The fraction of sp³-hybridized carbons (Fsp3) is 0.444. The van der Waals surface area contributed by atoms with Gasteiger partial charge in [0.25, 0.3) is 0 Å². The molecule has 1 aliphatic heterocycles. The Bertz CT molecular complexity index is 884. The maximum atomic E-state index is 4.29. The molecule has 0 spiro atoms. The summed E-state index contributed by atoms with van der Waals surface area (Å²) in [5.74, 6) is 1.20. The molecule has 2 aliphatic rings. The monoisotopic (exact) mass is 385 g/mol. The number of piperidine rings is 1. The number of H-pyrrole nitrogens is 1. The molecule has 3 atom stereocenters. The first-order chi connectivity index (χ1) is 11.7. The van der Waals surface area contributed by atoms with Crippen molar-refractivity contribution in [2.24, 2.45) is 5.92 Å². The molecule has 1 saturated heterocycles. The van der Waals surface area contributed by atoms with Crippen molar-refractivity contribution in [3.63, 3.8) is 0 Å². The fourth-order valence-corrected chi connectivity index (χ4v) is 5.39. The Balaban J connectivity index is 1.54. The lowest BCUT2D eigenvalue weighted by Gasteiger charge is -2.45. The van der Waals surface area contributed by atoms with Crippen LogP contribution in [0.1, 0.15) is 23.5 Å². The van der Waals surface area contributed by atoms with Crippen LogP contribution in [0, 0.1) is 5.92 Å². The van der Waals surface area contributed by atoms with Crippen LogP contribution in [0.25, 0.3) is 10.9 Å². The molecule has 1 N–H and O–H groups in total. The minimum Gasteiger partial charge on any atom is -0.349 e. The van der Waals surface area contributed by atoms with Crippen LogP contribution in [0.2, 0.25) is 0 Å². The summed E-state index contributed by atoms with van der Waals surface area (Å²) < 4.78 is 3.13. The molecule has 3 aromatic rings. The van der Waals surface area contributed by atoms with E-state index in [-0.39, 0.29) is 0 Å². The summed E-state index contributed by atoms with van der Waals surface area (Å²) in [5, 5.41) is 5.74. The van der Waals surface area contributed by atoms with Crippen LogP contribution in [0.15, 0.2) is 35.5 Å². The van der Waals surface area contributed by atoms with Crippen molar-refractivity contribution in [3.05, 3.63) is 46.6 Å². The number of hydrogen-bond acceptors (Lipinski definition) is 3. The van der Waals surface area contributed by atoms with Crippen LogP contribution in [-0.4, -0.2) is 44.3 Å². The van der Waals surface area contributed by atoms with Gasteiger partial charge in [-0.25, -0.2) is 4.98 Å². The van der Waals surface area contributed by atoms with Crippen molar-refractivity contribution in [2.75, 3.05) is 13.6 Å². The van der Waals surface area contributed by atoms with Crippen LogP contribution < -0.4 is 0 Å². The minimum absolute atomic E-state index is 0.585. The zero-order valence-electron chi connectivity index (χ0n) is 13.6. The maximum Gasteiger partial charge on any atom is 0.137 e. The largest absolute Gasteiger partial charge is 0.349 e. The zero-order valence-corrected chi connectivity index (χ0v) is 15.2. The van der Waals surface area contributed by atoms with Crippen LogP contribution in [0.3, 0.4) is 0 Å². The highest BCUT2D eigenvalue weighted by Crippen LogP contribution is 2.46. The number of rotatable bonds is 2. The van der Waals surface area contributed by atoms with E-state index in [0.717, 1.165) is 24.1 Å². The summed E-state index contributed by atoms with van der Waals surface area (Å²) in [6.07, 6.45) is 5.79. The van der Waals surface area contributed by atoms with E-state index in [4.69, 9.17) is 0 Å². The number of nitrogens with one attached hydrogen (secondary N) is 1. The van der Waals surface area contributed by atoms with Gasteiger partial charge in [-0.05, 0) is 58.9 Å². The number of nitrogens with zero attached hydrogens (tertiary/aromatic N) is 4. The van der Waals surface area contributed by atoms with Gasteiger partial charge in [0.15, 0.2) is 0 Å². The Morgan fingerprint density at radius 1 is 1.38 bits per heavy atom. The van der Waals surface area contributed by atoms with E-state index < -0.39 is 0 Å². The zero-order chi connectivity index (χ0) is 16.3. The van der Waals surface area contributed by atoms with Crippen molar-refractivity contribution < 1.29 is 0 Å². The minimum atomic E-state index is 0.585. The van der Waals surface area contributed by atoms with Crippen LogP contribution in [0.4, 0.5) is 0 Å². The Morgan fingerprint density at radius 2 is 2.29 bits per heavy atom. The number of halogens is 1. The molecule has 3 heterocycles. The molecule has 0 bridgehead atoms. The molecular formula is C18H20BrN5. The third-order valence-corrected chi connectivity index (χ3v) is 6.47. The summed E-state index contributed by atoms with van der Waals surface area (Å²) >= 11 is 3.73. The second-order valence-electron chi connectivity index (χ2n) is 7.22. The van der Waals surface area contributed by atoms with Gasteiger partial charge in [0.05, 0.1) is 4.60 Å². The number of likely N-dealkylation sites (tertiary alicyclic amines) is 1. The van der Waals surface area contributed by atoms with E-state index in [1.54, 1.807) is 6.33 Å². The quantitative estimate of drug-likeness (QED) is 0.736. The predicted molar refractivity (Wildman–Crippen MR) is 97.0 cm³/mol. The third kappa shape index (κ3) is 2.16. The van der Waals surface area contributed by atoms with E-state index in [0.29, 0.717) is 17.9 Å². The highest BCUT2D eigenvalue weighted by molar-refractivity contribution is 9.10. The van der Waals surface area contributed by atoms with Gasteiger partial charge in [-0.3, -0.25) is 4.68 Å². The smallest absolute Gasteiger partial charge is 0.137 e. The van der Waals surface area contributed by atoms with E-state index >= 15 is 0 Å². The molecule has 2 aromatic heterocycles. The Hall–Kier alpha value is -1.66. The molecule has 0 radical (unpaired) electrons. The first-order valence-electron chi connectivity index (χ1n) is 8.52. The normalized spacial score (nSPS) is 26.7. The molecule has 6 heteroatoms. The first kappa shape index (κ1) is 14.7. The van der Waals surface area contributed by atoms with Gasteiger partial charge in [0.1, 0.15) is 12.7 Å². The molecule has 1 aromatic carbocycles. The van der Waals surface area contributed by atoms with Crippen LogP contribution >= 0.6 is 15.9 Å². The van der Waals surface area contributed by atoms with Gasteiger partial charge in [0.2, 0.25) is 0 Å². The highest BCUT2D eigenvalue weighted by Gasteiger charge is 2.40. The topological polar surface area (TPSA) is 49.7 Å². The van der Waals surface area contributed by atoms with Gasteiger partial charge in [0, 0.05) is 36.0 Å². The Morgan fingerprint density at radius 3 is 3.12 bits per heavy atom. The summed E-state index contributed by atoms with van der Waals surface area (Å²) in [6, 6.07) is 7.29. The van der Waals surface area contributed by atoms with Crippen molar-refractivity contribution in [1.82, 2.24) is 24.6 Å². The lowest BCUT2D eigenvalue weighted by atomic mass is 9.72. The van der Waals surface area contributed by atoms with E-state index in [1.165, 1.54) is 28.5 Å². The number of hydrogen-bond donors (Lipinski definition) is 1. The summed E-state index contributed by atoms with van der Waals surface area (Å²) in [7, 11) is 2.27. The average Bonchev–Trinajstić information content (AvgIpc) is 3.18. The standard InChI is InChI=1S/C18H20BrN5/c1-23-7-11(8-24-10-20-9-21-24)5-13-12-3-2-4-15-17(12)14(6-16(13)23)18(19)22-15/h2-4,9-11,13,16,22H,5-8H2,1H3/t11-,13?,16-/m1/s1. The van der Waals surface area contributed by atoms with Gasteiger partial charge >= 0.3 is 0 Å². The summed E-state index contributed by atoms with van der Waals surface area (Å²) in [4.78, 5) is 10.1. The number of aromatic amines is 1. The highest BCUT2D eigenvalue weighted by atomic mass is 79.9. The van der Waals surface area contributed by atoms with Gasteiger partial charge in [-0.15, -0.1) is 0 Å². The van der Waals surface area contributed by atoms with E-state index in [1.807, 2.05) is 11.0 Å². The first-order valence-corrected chi connectivity index (χ1v) is 9.31. The van der Waals surface area contributed by atoms with Crippen molar-refractivity contribution in [3.8, 4) is 0 Å². The molecule has 1 fully saturated rings. The Labute approximate surface area is 149 Å². The second kappa shape index (κ2) is 5.43. The lowest BCUT2D eigenvalue weighted by molar-refractivity contribution is 0.101. The summed E-state index contributed by atoms with van der Waals surface area (Å²) in [5.41, 5.74) is 4.22. The molecule has 0 amide bonds. The predicted octanol–water partition coefficient (Wildman–Crippen LogP) is 3.18. The average molecular weight is 386 g/mol. The van der Waals surface area contributed by atoms with Crippen LogP contribution in [0.5, 0.6) is 0 Å². The second-order valence-corrected chi connectivity index (χ2v) is 8.02. The number of fused-ring (bicyclic) bond motifs is 2. The Kier molecular flexibility index (Phi) is 3.31. The third-order valence-electron chi connectivity index (χ3n) is 5.80. The molecule has 0 saturated carbocycles. The number of likely N-dealkylation sites (N-methyl/N-ethyl adjacent to an activating group) is 1. The molecule has 1 aliphatic carbocycles.